The third-order valence-electron chi connectivity index (χ3n) is 5.79. The molecule has 1 amide bonds. The number of nitrogens with one attached hydrogen (secondary N) is 1. The number of piperidine rings is 1. The van der Waals surface area contributed by atoms with Crippen molar-refractivity contribution < 1.29 is 17.7 Å². The van der Waals surface area contributed by atoms with Crippen LogP contribution in [0.1, 0.15) is 50.8 Å². The molecule has 11 nitrogen and oxygen atoms in total. The van der Waals surface area contributed by atoms with E-state index in [9.17, 15) is 13.2 Å². The molecule has 0 aromatic carbocycles. The molecule has 4 rings (SSSR count). The summed E-state index contributed by atoms with van der Waals surface area (Å²) in [7, 11) is -3.83. The van der Waals surface area contributed by atoms with E-state index in [2.05, 4.69) is 25.5 Å². The van der Waals surface area contributed by atoms with E-state index < -0.39 is 15.9 Å². The monoisotopic (exact) mass is 487 g/mol. The number of amides is 1. The average Bonchev–Trinajstić information content (AvgIpc) is 3.37. The SMILES string of the molecule is Cc1noc(C)c1S(=O)(=O)N1CCCC(C(=O)Nc2cc(C(C)(C)C)nn2-c2ncccn2)C1. The summed E-state index contributed by atoms with van der Waals surface area (Å²) < 4.78 is 34.4. The van der Waals surface area contributed by atoms with E-state index in [0.29, 0.717) is 36.8 Å². The minimum atomic E-state index is -3.83. The lowest BCUT2D eigenvalue weighted by Gasteiger charge is -2.31. The number of anilines is 1. The zero-order valence-corrected chi connectivity index (χ0v) is 20.8. The van der Waals surface area contributed by atoms with Crippen LogP contribution in [0.2, 0.25) is 0 Å². The van der Waals surface area contributed by atoms with Crippen LogP contribution in [0.15, 0.2) is 33.9 Å². The molecule has 0 radical (unpaired) electrons. The number of hydrogen-bond donors (Lipinski definition) is 1. The zero-order chi connectivity index (χ0) is 24.7. The summed E-state index contributed by atoms with van der Waals surface area (Å²) in [5.74, 6) is 0.204. The molecule has 1 N–H and O–H groups in total. The van der Waals surface area contributed by atoms with Gasteiger partial charge in [-0.15, -0.1) is 0 Å². The standard InChI is InChI=1S/C22H29N7O4S/c1-14-19(15(2)33-27-14)34(31,32)28-11-6-8-16(13-28)20(30)25-18-12-17(22(3,4)5)26-29(18)21-23-9-7-10-24-21/h7,9-10,12,16H,6,8,11,13H2,1-5H3,(H,25,30). The Hall–Kier alpha value is -3.12. The van der Waals surface area contributed by atoms with Crippen molar-refractivity contribution in [2.45, 2.75) is 57.8 Å². The number of aryl methyl sites for hydroxylation is 2. The van der Waals surface area contributed by atoms with Crippen molar-refractivity contribution in [1.82, 2.24) is 29.2 Å². The summed E-state index contributed by atoms with van der Waals surface area (Å²) in [4.78, 5) is 21.8. The molecular weight excluding hydrogens is 458 g/mol. The Labute approximate surface area is 198 Å². The van der Waals surface area contributed by atoms with E-state index in [1.807, 2.05) is 20.8 Å². The Morgan fingerprint density at radius 2 is 1.91 bits per heavy atom. The van der Waals surface area contributed by atoms with Gasteiger partial charge in [-0.1, -0.05) is 25.9 Å². The highest BCUT2D eigenvalue weighted by Gasteiger charge is 2.37. The van der Waals surface area contributed by atoms with Crippen LogP contribution in [0, 0.1) is 19.8 Å². The van der Waals surface area contributed by atoms with Gasteiger partial charge in [-0.05, 0) is 32.8 Å². The lowest BCUT2D eigenvalue weighted by Crippen LogP contribution is -2.44. The van der Waals surface area contributed by atoms with Crippen LogP contribution in [-0.4, -0.2) is 56.6 Å². The molecule has 182 valence electrons. The summed E-state index contributed by atoms with van der Waals surface area (Å²) in [5.41, 5.74) is 0.816. The van der Waals surface area contributed by atoms with E-state index in [1.165, 1.54) is 8.99 Å². The molecule has 3 aromatic rings. The second-order valence-corrected chi connectivity index (χ2v) is 11.3. The minimum Gasteiger partial charge on any atom is -0.360 e. The van der Waals surface area contributed by atoms with Crippen molar-refractivity contribution in [3.63, 3.8) is 0 Å². The Bertz CT molecular complexity index is 1270. The second-order valence-electron chi connectivity index (χ2n) is 9.47. The second kappa shape index (κ2) is 8.91. The molecule has 34 heavy (non-hydrogen) atoms. The molecule has 4 heterocycles. The summed E-state index contributed by atoms with van der Waals surface area (Å²) >= 11 is 0. The average molecular weight is 488 g/mol. The van der Waals surface area contributed by atoms with Gasteiger partial charge in [0.1, 0.15) is 16.4 Å². The number of carbonyl (C=O) groups excluding carboxylic acids is 1. The van der Waals surface area contributed by atoms with Gasteiger partial charge in [0.05, 0.1) is 11.6 Å². The maximum Gasteiger partial charge on any atom is 0.252 e. The molecule has 0 saturated carbocycles. The molecule has 1 saturated heterocycles. The van der Waals surface area contributed by atoms with Gasteiger partial charge < -0.3 is 9.84 Å². The third kappa shape index (κ3) is 4.60. The van der Waals surface area contributed by atoms with Crippen LogP contribution >= 0.6 is 0 Å². The van der Waals surface area contributed by atoms with E-state index in [-0.39, 0.29) is 28.5 Å². The van der Waals surface area contributed by atoms with Gasteiger partial charge in [-0.3, -0.25) is 4.79 Å². The fourth-order valence-corrected chi connectivity index (χ4v) is 5.78. The Morgan fingerprint density at radius 3 is 2.53 bits per heavy atom. The zero-order valence-electron chi connectivity index (χ0n) is 19.9. The smallest absolute Gasteiger partial charge is 0.252 e. The van der Waals surface area contributed by atoms with Gasteiger partial charge >= 0.3 is 0 Å². The summed E-state index contributed by atoms with van der Waals surface area (Å²) in [5, 5.41) is 11.3. The molecule has 1 fully saturated rings. The van der Waals surface area contributed by atoms with Gasteiger partial charge in [-0.2, -0.15) is 14.1 Å². The van der Waals surface area contributed by atoms with E-state index in [1.54, 1.807) is 38.4 Å². The number of aromatic nitrogens is 5. The number of carbonyl (C=O) groups is 1. The lowest BCUT2D eigenvalue weighted by molar-refractivity contribution is -0.120. The summed E-state index contributed by atoms with van der Waals surface area (Å²) in [6.07, 6.45) is 4.34. The van der Waals surface area contributed by atoms with Gasteiger partial charge in [0.25, 0.3) is 5.95 Å². The first-order valence-electron chi connectivity index (χ1n) is 11.1. The molecule has 0 bridgehead atoms. The number of nitrogens with zero attached hydrogens (tertiary/aromatic N) is 6. The fraction of sp³-hybridized carbons (Fsp3) is 0.500. The molecule has 1 unspecified atom stereocenters. The van der Waals surface area contributed by atoms with Gasteiger partial charge in [-0.25, -0.2) is 18.4 Å². The van der Waals surface area contributed by atoms with Gasteiger partial charge in [0.2, 0.25) is 15.9 Å². The van der Waals surface area contributed by atoms with Crippen molar-refractivity contribution >= 4 is 21.7 Å². The lowest BCUT2D eigenvalue weighted by atomic mass is 9.92. The molecule has 1 aliphatic rings. The van der Waals surface area contributed by atoms with Crippen molar-refractivity contribution in [3.05, 3.63) is 41.7 Å². The van der Waals surface area contributed by atoms with Crippen LogP contribution < -0.4 is 5.32 Å². The minimum absolute atomic E-state index is 0.0698. The number of hydrogen-bond acceptors (Lipinski definition) is 8. The van der Waals surface area contributed by atoms with Crippen LogP contribution in [-0.2, 0) is 20.2 Å². The summed E-state index contributed by atoms with van der Waals surface area (Å²) in [6.45, 7) is 9.64. The maximum absolute atomic E-state index is 13.3. The predicted molar refractivity (Wildman–Crippen MR) is 124 cm³/mol. The molecule has 0 spiro atoms. The third-order valence-corrected chi connectivity index (χ3v) is 7.90. The Morgan fingerprint density at radius 1 is 1.21 bits per heavy atom. The van der Waals surface area contributed by atoms with Crippen molar-refractivity contribution in [3.8, 4) is 5.95 Å². The van der Waals surface area contributed by atoms with Gasteiger partial charge in [0, 0.05) is 37.0 Å². The first-order chi connectivity index (χ1) is 16.0. The van der Waals surface area contributed by atoms with Crippen molar-refractivity contribution in [2.24, 2.45) is 5.92 Å². The van der Waals surface area contributed by atoms with Crippen LogP contribution in [0.5, 0.6) is 0 Å². The van der Waals surface area contributed by atoms with E-state index >= 15 is 0 Å². The summed E-state index contributed by atoms with van der Waals surface area (Å²) in [6, 6.07) is 3.50. The highest BCUT2D eigenvalue weighted by Crippen LogP contribution is 2.29. The Kier molecular flexibility index (Phi) is 6.30. The largest absolute Gasteiger partial charge is 0.360 e. The van der Waals surface area contributed by atoms with Crippen LogP contribution in [0.3, 0.4) is 0 Å². The molecule has 1 atom stereocenters. The highest BCUT2D eigenvalue weighted by molar-refractivity contribution is 7.89. The molecule has 12 heteroatoms. The quantitative estimate of drug-likeness (QED) is 0.580. The van der Waals surface area contributed by atoms with Gasteiger partial charge in [0.15, 0.2) is 5.76 Å². The fourth-order valence-electron chi connectivity index (χ4n) is 3.96. The van der Waals surface area contributed by atoms with Crippen LogP contribution in [0.25, 0.3) is 5.95 Å². The predicted octanol–water partition coefficient (Wildman–Crippen LogP) is 2.60. The maximum atomic E-state index is 13.3. The molecular formula is C22H29N7O4S. The Balaban J connectivity index is 1.58. The molecule has 0 aliphatic carbocycles. The molecule has 1 aliphatic heterocycles. The van der Waals surface area contributed by atoms with Crippen LogP contribution in [0.4, 0.5) is 5.82 Å². The first kappa shape index (κ1) is 24.0. The number of rotatable bonds is 5. The highest BCUT2D eigenvalue weighted by atomic mass is 32.2. The normalized spacial score (nSPS) is 17.6. The topological polar surface area (TPSA) is 136 Å². The first-order valence-corrected chi connectivity index (χ1v) is 12.5. The van der Waals surface area contributed by atoms with E-state index in [0.717, 1.165) is 5.69 Å². The van der Waals surface area contributed by atoms with Crippen molar-refractivity contribution in [1.29, 1.82) is 0 Å². The molecule has 3 aromatic heterocycles. The number of sulfonamides is 1. The van der Waals surface area contributed by atoms with E-state index in [4.69, 9.17) is 4.52 Å². The van der Waals surface area contributed by atoms with Crippen molar-refractivity contribution in [2.75, 3.05) is 18.4 Å².